The van der Waals surface area contributed by atoms with E-state index in [2.05, 4.69) is 39.1 Å². The Hall–Kier alpha value is -3.16. The normalized spacial score (nSPS) is 13.9. The lowest BCUT2D eigenvalue weighted by atomic mass is 10.1. The minimum absolute atomic E-state index is 0.0839. The molecule has 4 aromatic rings. The van der Waals surface area contributed by atoms with E-state index in [0.29, 0.717) is 18.1 Å². The molecule has 3 aromatic heterocycles. The molecule has 0 spiro atoms. The van der Waals surface area contributed by atoms with Gasteiger partial charge in [0.05, 0.1) is 24.6 Å². The van der Waals surface area contributed by atoms with E-state index < -0.39 is 0 Å². The second kappa shape index (κ2) is 7.93. The Balaban J connectivity index is 1.32. The number of methoxy groups -OCH3 is 1. The highest BCUT2D eigenvalue weighted by molar-refractivity contribution is 7.15. The first-order valence-electron chi connectivity index (χ1n) is 9.81. The van der Waals surface area contributed by atoms with Gasteiger partial charge in [0.1, 0.15) is 5.75 Å². The van der Waals surface area contributed by atoms with Crippen molar-refractivity contribution in [2.24, 2.45) is 0 Å². The monoisotopic (exact) mass is 419 g/mol. The number of hydrogen-bond acceptors (Lipinski definition) is 6. The summed E-state index contributed by atoms with van der Waals surface area (Å²) in [5.41, 5.74) is 2.69. The van der Waals surface area contributed by atoms with Crippen LogP contribution in [0.1, 0.15) is 16.1 Å². The molecule has 0 amide bonds. The van der Waals surface area contributed by atoms with E-state index in [-0.39, 0.29) is 5.56 Å². The number of thiophene rings is 1. The zero-order chi connectivity index (χ0) is 20.5. The summed E-state index contributed by atoms with van der Waals surface area (Å²) in [6.45, 7) is 2.28. The summed E-state index contributed by atoms with van der Waals surface area (Å²) in [4.78, 5) is 24.9. The summed E-state index contributed by atoms with van der Waals surface area (Å²) in [6.07, 6.45) is 2.33. The van der Waals surface area contributed by atoms with Crippen LogP contribution in [0.25, 0.3) is 22.0 Å². The van der Waals surface area contributed by atoms with E-state index in [1.807, 2.05) is 12.1 Å². The second-order valence-electron chi connectivity index (χ2n) is 7.28. The smallest absolute Gasteiger partial charge is 0.256 e. The topological polar surface area (TPSA) is 71.4 Å². The van der Waals surface area contributed by atoms with Gasteiger partial charge in [0.25, 0.3) is 5.56 Å². The fourth-order valence-electron chi connectivity index (χ4n) is 3.76. The minimum Gasteiger partial charge on any atom is -0.497 e. The first-order chi connectivity index (χ1) is 14.7. The molecule has 0 bridgehead atoms. The minimum atomic E-state index is -0.0839. The van der Waals surface area contributed by atoms with Crippen LogP contribution < -0.4 is 10.3 Å². The maximum Gasteiger partial charge on any atom is 0.256 e. The van der Waals surface area contributed by atoms with Crippen molar-refractivity contribution in [3.05, 3.63) is 81.3 Å². The quantitative estimate of drug-likeness (QED) is 0.521. The number of benzene rings is 1. The molecule has 4 heterocycles. The Labute approximate surface area is 177 Å². The number of nitrogens with one attached hydrogen (secondary N) is 1. The van der Waals surface area contributed by atoms with Crippen LogP contribution in [0.15, 0.2) is 64.0 Å². The number of aromatic nitrogens is 2. The van der Waals surface area contributed by atoms with Gasteiger partial charge in [-0.1, -0.05) is 12.1 Å². The standard InChI is InChI=1S/C23H21N3O3S/c1-28-16-5-2-4-15(12-16)21-8-7-17(30-21)13-26-10-9-19-18(14-26)23(27)25-22(24-19)20-6-3-11-29-20/h2-8,11-12H,9-10,13-14H2,1H3,(H,24,25,27). The van der Waals surface area contributed by atoms with Crippen molar-refractivity contribution in [3.63, 3.8) is 0 Å². The van der Waals surface area contributed by atoms with Gasteiger partial charge in [0, 0.05) is 35.8 Å². The third kappa shape index (κ3) is 3.69. The fourth-order valence-corrected chi connectivity index (χ4v) is 4.81. The zero-order valence-electron chi connectivity index (χ0n) is 16.6. The maximum absolute atomic E-state index is 12.7. The highest BCUT2D eigenvalue weighted by Crippen LogP contribution is 2.31. The lowest BCUT2D eigenvalue weighted by Crippen LogP contribution is -2.35. The Kier molecular flexibility index (Phi) is 4.98. The van der Waals surface area contributed by atoms with Gasteiger partial charge in [0.15, 0.2) is 11.6 Å². The third-order valence-corrected chi connectivity index (χ3v) is 6.42. The number of H-pyrrole nitrogens is 1. The molecule has 1 aliphatic rings. The molecular weight excluding hydrogens is 398 g/mol. The van der Waals surface area contributed by atoms with Crippen LogP contribution in [-0.4, -0.2) is 28.5 Å². The lowest BCUT2D eigenvalue weighted by Gasteiger charge is -2.27. The van der Waals surface area contributed by atoms with Crippen molar-refractivity contribution < 1.29 is 9.15 Å². The molecule has 0 fully saturated rings. The molecule has 0 aliphatic carbocycles. The Morgan fingerprint density at radius 2 is 2.17 bits per heavy atom. The van der Waals surface area contributed by atoms with E-state index in [4.69, 9.17) is 9.15 Å². The van der Waals surface area contributed by atoms with Gasteiger partial charge in [0.2, 0.25) is 0 Å². The molecule has 5 rings (SSSR count). The van der Waals surface area contributed by atoms with Gasteiger partial charge in [-0.2, -0.15) is 0 Å². The molecule has 6 nitrogen and oxygen atoms in total. The van der Waals surface area contributed by atoms with Gasteiger partial charge >= 0.3 is 0 Å². The predicted molar refractivity (Wildman–Crippen MR) is 117 cm³/mol. The van der Waals surface area contributed by atoms with Gasteiger partial charge in [-0.15, -0.1) is 11.3 Å². The molecule has 7 heteroatoms. The fraction of sp³-hybridized carbons (Fsp3) is 0.217. The number of furan rings is 1. The molecule has 152 valence electrons. The van der Waals surface area contributed by atoms with Crippen molar-refractivity contribution >= 4 is 11.3 Å². The molecule has 0 saturated carbocycles. The molecule has 1 aliphatic heterocycles. The number of fused-ring (bicyclic) bond motifs is 1. The van der Waals surface area contributed by atoms with E-state index in [9.17, 15) is 4.79 Å². The molecule has 0 saturated heterocycles. The van der Waals surface area contributed by atoms with E-state index in [1.54, 1.807) is 36.8 Å². The van der Waals surface area contributed by atoms with Crippen LogP contribution in [0, 0.1) is 0 Å². The Bertz CT molecular complexity index is 1230. The first kappa shape index (κ1) is 18.8. The molecule has 1 N–H and O–H groups in total. The largest absolute Gasteiger partial charge is 0.497 e. The van der Waals surface area contributed by atoms with Crippen LogP contribution in [0.4, 0.5) is 0 Å². The van der Waals surface area contributed by atoms with Gasteiger partial charge < -0.3 is 14.1 Å². The summed E-state index contributed by atoms with van der Waals surface area (Å²) in [5.74, 6) is 1.94. The third-order valence-electron chi connectivity index (χ3n) is 5.30. The Morgan fingerprint density at radius 3 is 3.00 bits per heavy atom. The second-order valence-corrected chi connectivity index (χ2v) is 8.44. The number of aromatic amines is 1. The molecule has 0 radical (unpaired) electrons. The lowest BCUT2D eigenvalue weighted by molar-refractivity contribution is 0.244. The molecule has 0 atom stereocenters. The van der Waals surface area contributed by atoms with E-state index >= 15 is 0 Å². The summed E-state index contributed by atoms with van der Waals surface area (Å²) < 4.78 is 10.7. The van der Waals surface area contributed by atoms with Crippen LogP contribution in [-0.2, 0) is 19.5 Å². The van der Waals surface area contributed by atoms with Crippen LogP contribution >= 0.6 is 11.3 Å². The molecule has 30 heavy (non-hydrogen) atoms. The number of nitrogens with zero attached hydrogens (tertiary/aromatic N) is 2. The van der Waals surface area contributed by atoms with Crippen LogP contribution in [0.5, 0.6) is 5.75 Å². The number of rotatable bonds is 5. The average Bonchev–Trinajstić information content (AvgIpc) is 3.47. The summed E-state index contributed by atoms with van der Waals surface area (Å²) in [6, 6.07) is 16.0. The number of ether oxygens (including phenoxy) is 1. The summed E-state index contributed by atoms with van der Waals surface area (Å²) in [7, 11) is 1.68. The van der Waals surface area contributed by atoms with Gasteiger partial charge in [-0.25, -0.2) is 4.98 Å². The van der Waals surface area contributed by atoms with Crippen molar-refractivity contribution in [3.8, 4) is 27.8 Å². The van der Waals surface area contributed by atoms with Gasteiger partial charge in [-0.3, -0.25) is 9.69 Å². The van der Waals surface area contributed by atoms with E-state index in [1.165, 1.54) is 9.75 Å². The van der Waals surface area contributed by atoms with Crippen molar-refractivity contribution in [2.45, 2.75) is 19.5 Å². The molecule has 0 unspecified atom stereocenters. The van der Waals surface area contributed by atoms with Crippen LogP contribution in [0.3, 0.4) is 0 Å². The van der Waals surface area contributed by atoms with Crippen LogP contribution in [0.2, 0.25) is 0 Å². The highest BCUT2D eigenvalue weighted by Gasteiger charge is 2.22. The molecule has 1 aromatic carbocycles. The maximum atomic E-state index is 12.7. The van der Waals surface area contributed by atoms with Gasteiger partial charge in [-0.05, 0) is 42.0 Å². The summed E-state index contributed by atoms with van der Waals surface area (Å²) in [5, 5.41) is 0. The number of hydrogen-bond donors (Lipinski definition) is 1. The predicted octanol–water partition coefficient (Wildman–Crippen LogP) is 4.33. The average molecular weight is 420 g/mol. The van der Waals surface area contributed by atoms with Crippen molar-refractivity contribution in [2.75, 3.05) is 13.7 Å². The SMILES string of the molecule is COc1cccc(-c2ccc(CN3CCc4nc(-c5ccco5)[nH]c(=O)c4C3)s2)c1. The van der Waals surface area contributed by atoms with E-state index in [0.717, 1.165) is 42.1 Å². The highest BCUT2D eigenvalue weighted by atomic mass is 32.1. The molecular formula is C23H21N3O3S. The van der Waals surface area contributed by atoms with Crippen molar-refractivity contribution in [1.29, 1.82) is 0 Å². The van der Waals surface area contributed by atoms with Crippen molar-refractivity contribution in [1.82, 2.24) is 14.9 Å². The summed E-state index contributed by atoms with van der Waals surface area (Å²) >= 11 is 1.77. The Morgan fingerprint density at radius 1 is 1.23 bits per heavy atom. The first-order valence-corrected chi connectivity index (χ1v) is 10.6. The zero-order valence-corrected chi connectivity index (χ0v) is 17.4.